The Labute approximate surface area is 202 Å². The molecule has 2 aromatic rings. The van der Waals surface area contributed by atoms with E-state index in [9.17, 15) is 9.59 Å². The van der Waals surface area contributed by atoms with E-state index in [1.54, 1.807) is 4.90 Å². The van der Waals surface area contributed by atoms with Crippen molar-refractivity contribution >= 4 is 17.6 Å². The Kier molecular flexibility index (Phi) is 9.62. The van der Waals surface area contributed by atoms with Crippen LogP contribution in [0.4, 0.5) is 10.5 Å². The number of hydrogen-bond acceptors (Lipinski definition) is 4. The van der Waals surface area contributed by atoms with Gasteiger partial charge in [-0.3, -0.25) is 4.79 Å². The molecule has 3 rings (SSSR count). The van der Waals surface area contributed by atoms with Crippen molar-refractivity contribution in [3.8, 4) is 11.5 Å². The van der Waals surface area contributed by atoms with Crippen molar-refractivity contribution in [2.45, 2.75) is 52.5 Å². The summed E-state index contributed by atoms with van der Waals surface area (Å²) in [5, 5.41) is 6.05. The monoisotopic (exact) mass is 467 g/mol. The van der Waals surface area contributed by atoms with Crippen LogP contribution in [0.3, 0.4) is 0 Å². The molecule has 1 unspecified atom stereocenters. The number of nitrogens with one attached hydrogen (secondary N) is 2. The van der Waals surface area contributed by atoms with Crippen LogP contribution in [0.25, 0.3) is 0 Å². The molecule has 7 nitrogen and oxygen atoms in total. The fraction of sp³-hybridized carbons (Fsp3) is 0.481. The van der Waals surface area contributed by atoms with E-state index < -0.39 is 0 Å². The molecule has 1 fully saturated rings. The number of anilines is 1. The normalized spacial score (nSPS) is 14.9. The van der Waals surface area contributed by atoms with Gasteiger partial charge in [0.05, 0.1) is 19.3 Å². The number of piperidine rings is 1. The molecular weight excluding hydrogens is 430 g/mol. The van der Waals surface area contributed by atoms with Crippen molar-refractivity contribution in [2.75, 3.05) is 31.6 Å². The minimum absolute atomic E-state index is 0.0182. The molecule has 1 atom stereocenters. The molecule has 0 bridgehead atoms. The van der Waals surface area contributed by atoms with Crippen molar-refractivity contribution in [1.82, 2.24) is 10.2 Å². The van der Waals surface area contributed by atoms with Crippen molar-refractivity contribution < 1.29 is 19.1 Å². The summed E-state index contributed by atoms with van der Waals surface area (Å²) in [5.74, 6) is 1.37. The molecule has 1 aliphatic rings. The number of likely N-dealkylation sites (tertiary alicyclic amines) is 1. The van der Waals surface area contributed by atoms with E-state index in [1.165, 1.54) is 0 Å². The van der Waals surface area contributed by atoms with E-state index in [-0.39, 0.29) is 23.9 Å². The third-order valence-electron chi connectivity index (χ3n) is 5.93. The summed E-state index contributed by atoms with van der Waals surface area (Å²) in [6.07, 6.45) is 3.13. The number of ether oxygens (including phenoxy) is 2. The summed E-state index contributed by atoms with van der Waals surface area (Å²) in [5.41, 5.74) is 1.76. The first-order valence-corrected chi connectivity index (χ1v) is 12.3. The molecule has 7 heteroatoms. The number of urea groups is 1. The smallest absolute Gasteiger partial charge is 0.317 e. The van der Waals surface area contributed by atoms with Crippen molar-refractivity contribution in [3.63, 3.8) is 0 Å². The molecular formula is C27H37N3O4. The molecule has 0 aromatic heterocycles. The number of para-hydroxylation sites is 1. The van der Waals surface area contributed by atoms with Gasteiger partial charge in [0.25, 0.3) is 0 Å². The number of rotatable bonds is 10. The minimum Gasteiger partial charge on any atom is -0.490 e. The van der Waals surface area contributed by atoms with Gasteiger partial charge in [-0.25, -0.2) is 4.79 Å². The molecule has 1 heterocycles. The highest BCUT2D eigenvalue weighted by atomic mass is 16.5. The Balaban J connectivity index is 1.52. The van der Waals surface area contributed by atoms with Crippen molar-refractivity contribution in [2.24, 2.45) is 5.92 Å². The van der Waals surface area contributed by atoms with E-state index in [0.29, 0.717) is 44.9 Å². The Bertz CT molecular complexity index is 927. The summed E-state index contributed by atoms with van der Waals surface area (Å²) in [7, 11) is 0. The molecule has 1 aliphatic heterocycles. The zero-order valence-corrected chi connectivity index (χ0v) is 20.5. The maximum absolute atomic E-state index is 12.9. The standard InChI is InChI=1S/C27H37N3O4/c1-4-17-33-24-12-11-22(19-25(24)34-18-5-2)20(3)28-27(32)30-15-13-21(14-16-30)26(31)29-23-9-7-6-8-10-23/h6-12,19-21H,4-5,13-18H2,1-3H3,(H,28,32)(H,29,31). The van der Waals surface area contributed by atoms with Gasteiger partial charge in [-0.1, -0.05) is 38.1 Å². The average molecular weight is 468 g/mol. The predicted octanol–water partition coefficient (Wildman–Crippen LogP) is 5.39. The van der Waals surface area contributed by atoms with Gasteiger partial charge in [0, 0.05) is 24.7 Å². The van der Waals surface area contributed by atoms with Crippen LogP contribution in [-0.4, -0.2) is 43.1 Å². The van der Waals surface area contributed by atoms with Gasteiger partial charge in [0.2, 0.25) is 5.91 Å². The van der Waals surface area contributed by atoms with E-state index in [1.807, 2.05) is 55.5 Å². The largest absolute Gasteiger partial charge is 0.490 e. The fourth-order valence-electron chi connectivity index (χ4n) is 3.92. The second kappa shape index (κ2) is 12.9. The Morgan fingerprint density at radius 3 is 2.26 bits per heavy atom. The summed E-state index contributed by atoms with van der Waals surface area (Å²) in [4.78, 5) is 27.2. The van der Waals surface area contributed by atoms with Gasteiger partial charge in [0.15, 0.2) is 11.5 Å². The summed E-state index contributed by atoms with van der Waals surface area (Å²) in [6, 6.07) is 15.0. The number of carbonyl (C=O) groups is 2. The molecule has 184 valence electrons. The molecule has 2 N–H and O–H groups in total. The molecule has 1 saturated heterocycles. The second-order valence-corrected chi connectivity index (χ2v) is 8.69. The summed E-state index contributed by atoms with van der Waals surface area (Å²) < 4.78 is 11.7. The van der Waals surface area contributed by atoms with E-state index in [2.05, 4.69) is 24.5 Å². The first-order valence-electron chi connectivity index (χ1n) is 12.3. The zero-order chi connectivity index (χ0) is 24.3. The van der Waals surface area contributed by atoms with Crippen LogP contribution < -0.4 is 20.1 Å². The summed E-state index contributed by atoms with van der Waals surface area (Å²) in [6.45, 7) is 8.45. The first kappa shape index (κ1) is 25.4. The van der Waals surface area contributed by atoms with Crippen LogP contribution in [0, 0.1) is 5.92 Å². The van der Waals surface area contributed by atoms with Crippen LogP contribution in [0.2, 0.25) is 0 Å². The molecule has 0 saturated carbocycles. The second-order valence-electron chi connectivity index (χ2n) is 8.69. The summed E-state index contributed by atoms with van der Waals surface area (Å²) >= 11 is 0. The first-order chi connectivity index (χ1) is 16.5. The molecule has 0 spiro atoms. The van der Waals surface area contributed by atoms with Crippen LogP contribution in [0.15, 0.2) is 48.5 Å². The minimum atomic E-state index is -0.184. The lowest BCUT2D eigenvalue weighted by Gasteiger charge is -2.32. The zero-order valence-electron chi connectivity index (χ0n) is 20.5. The molecule has 34 heavy (non-hydrogen) atoms. The lowest BCUT2D eigenvalue weighted by atomic mass is 9.96. The highest BCUT2D eigenvalue weighted by Gasteiger charge is 2.28. The predicted molar refractivity (Wildman–Crippen MR) is 134 cm³/mol. The third kappa shape index (κ3) is 7.14. The topological polar surface area (TPSA) is 79.9 Å². The maximum atomic E-state index is 12.9. The molecule has 0 radical (unpaired) electrons. The highest BCUT2D eigenvalue weighted by Crippen LogP contribution is 2.31. The number of amides is 3. The number of benzene rings is 2. The fourth-order valence-corrected chi connectivity index (χ4v) is 3.92. The molecule has 2 aromatic carbocycles. The Morgan fingerprint density at radius 1 is 0.971 bits per heavy atom. The van der Waals surface area contributed by atoms with Crippen LogP contribution >= 0.6 is 0 Å². The lowest BCUT2D eigenvalue weighted by molar-refractivity contribution is -0.121. The Morgan fingerprint density at radius 2 is 1.62 bits per heavy atom. The van der Waals surface area contributed by atoms with Gasteiger partial charge in [-0.2, -0.15) is 0 Å². The molecule has 0 aliphatic carbocycles. The number of nitrogens with zero attached hydrogens (tertiary/aromatic N) is 1. The SMILES string of the molecule is CCCOc1ccc(C(C)NC(=O)N2CCC(C(=O)Nc3ccccc3)CC2)cc1OCCC. The van der Waals surface area contributed by atoms with Crippen LogP contribution in [0.1, 0.15) is 58.1 Å². The van der Waals surface area contributed by atoms with E-state index in [0.717, 1.165) is 29.8 Å². The van der Waals surface area contributed by atoms with Gasteiger partial charge < -0.3 is 25.0 Å². The lowest BCUT2D eigenvalue weighted by Crippen LogP contribution is -2.46. The Hall–Kier alpha value is -3.22. The van der Waals surface area contributed by atoms with Crippen molar-refractivity contribution in [3.05, 3.63) is 54.1 Å². The number of carbonyl (C=O) groups excluding carboxylic acids is 2. The average Bonchev–Trinajstić information content (AvgIpc) is 2.87. The third-order valence-corrected chi connectivity index (χ3v) is 5.93. The van der Waals surface area contributed by atoms with Gasteiger partial charge in [-0.05, 0) is 62.4 Å². The quantitative estimate of drug-likeness (QED) is 0.491. The molecule has 3 amide bonds. The van der Waals surface area contributed by atoms with Crippen molar-refractivity contribution in [1.29, 1.82) is 0 Å². The van der Waals surface area contributed by atoms with Gasteiger partial charge >= 0.3 is 6.03 Å². The number of hydrogen-bond donors (Lipinski definition) is 2. The van der Waals surface area contributed by atoms with Gasteiger partial charge in [-0.15, -0.1) is 0 Å². The maximum Gasteiger partial charge on any atom is 0.317 e. The van der Waals surface area contributed by atoms with E-state index >= 15 is 0 Å². The van der Waals surface area contributed by atoms with Gasteiger partial charge in [0.1, 0.15) is 0 Å². The van der Waals surface area contributed by atoms with Crippen LogP contribution in [0.5, 0.6) is 11.5 Å². The van der Waals surface area contributed by atoms with E-state index in [4.69, 9.17) is 9.47 Å². The highest BCUT2D eigenvalue weighted by molar-refractivity contribution is 5.92. The van der Waals surface area contributed by atoms with Crippen LogP contribution in [-0.2, 0) is 4.79 Å².